The van der Waals surface area contributed by atoms with Crippen LogP contribution in [0.5, 0.6) is 0 Å². The molecule has 0 aliphatic rings. The van der Waals surface area contributed by atoms with Crippen LogP contribution in [-0.4, -0.2) is 19.6 Å². The molecule has 0 aromatic carbocycles. The molecule has 0 saturated carbocycles. The summed E-state index contributed by atoms with van der Waals surface area (Å²) in [5.74, 6) is 0. The van der Waals surface area contributed by atoms with Gasteiger partial charge >= 0.3 is 0 Å². The van der Waals surface area contributed by atoms with Crippen LogP contribution in [0, 0.1) is 0 Å². The van der Waals surface area contributed by atoms with E-state index in [4.69, 9.17) is 0 Å². The highest BCUT2D eigenvalue weighted by Crippen LogP contribution is 2.21. The molecule has 2 heteroatoms. The van der Waals surface area contributed by atoms with Crippen molar-refractivity contribution < 1.29 is 21.9 Å². The molecule has 0 amide bonds. The quantitative estimate of drug-likeness (QED) is 0.105. The minimum atomic E-state index is 0. The Bertz CT molecular complexity index is 340. The Kier molecular flexibility index (Phi) is 30.2. The molecule has 0 aliphatic carbocycles. The fourth-order valence-electron chi connectivity index (χ4n) is 5.34. The maximum Gasteiger partial charge on any atom is 0.0944 e. The van der Waals surface area contributed by atoms with E-state index in [9.17, 15) is 0 Å². The van der Waals surface area contributed by atoms with E-state index in [1.807, 2.05) is 0 Å². The summed E-state index contributed by atoms with van der Waals surface area (Å²) in [6.07, 6.45) is 37.8. The average molecular weight is 547 g/mol. The summed E-state index contributed by atoms with van der Waals surface area (Å²) in [5, 5.41) is 0. The van der Waals surface area contributed by atoms with Crippen molar-refractivity contribution in [3.63, 3.8) is 0 Å². The first kappa shape index (κ1) is 36.6. The van der Waals surface area contributed by atoms with Crippen LogP contribution in [0.3, 0.4) is 0 Å². The van der Waals surface area contributed by atoms with Crippen molar-refractivity contribution in [1.29, 1.82) is 0 Å². The lowest BCUT2D eigenvalue weighted by atomic mass is 9.87. The largest absolute Gasteiger partial charge is 1.00 e. The monoisotopic (exact) mass is 545 g/mol. The first-order valence-electron chi connectivity index (χ1n) is 15.9. The van der Waals surface area contributed by atoms with Crippen LogP contribution in [0.15, 0.2) is 0 Å². The third-order valence-corrected chi connectivity index (χ3v) is 8.37. The minimum absolute atomic E-state index is 0. The van der Waals surface area contributed by atoms with E-state index in [1.165, 1.54) is 167 Å². The molecular formula is C32H68BrN. The van der Waals surface area contributed by atoms with Crippen molar-refractivity contribution in [2.75, 3.05) is 14.1 Å². The number of quaternary nitrogens is 1. The number of unbranched alkanes of at least 4 members (excludes halogenated alkanes) is 22. The molecule has 0 bridgehead atoms. The Hall–Kier alpha value is 0.440. The Morgan fingerprint density at radius 2 is 0.588 bits per heavy atom. The van der Waals surface area contributed by atoms with Crippen molar-refractivity contribution >= 4 is 0 Å². The summed E-state index contributed by atoms with van der Waals surface area (Å²) in [5.41, 5.74) is 0.497. The summed E-state index contributed by atoms with van der Waals surface area (Å²) >= 11 is 0. The molecule has 0 aliphatic heterocycles. The maximum absolute atomic E-state index is 2.55. The lowest BCUT2D eigenvalue weighted by Gasteiger charge is -2.33. The molecule has 208 valence electrons. The fourth-order valence-corrected chi connectivity index (χ4v) is 5.34. The fraction of sp³-hybridized carbons (Fsp3) is 1.00. The molecular weight excluding hydrogens is 478 g/mol. The molecule has 34 heavy (non-hydrogen) atoms. The molecule has 1 N–H and O–H groups in total. The van der Waals surface area contributed by atoms with Crippen LogP contribution >= 0.6 is 0 Å². The summed E-state index contributed by atoms with van der Waals surface area (Å²) < 4.78 is 0. The van der Waals surface area contributed by atoms with Gasteiger partial charge in [-0.25, -0.2) is 0 Å². The van der Waals surface area contributed by atoms with Crippen LogP contribution in [0.25, 0.3) is 0 Å². The highest BCUT2D eigenvalue weighted by molar-refractivity contribution is 4.73. The van der Waals surface area contributed by atoms with Crippen LogP contribution in [0.4, 0.5) is 0 Å². The van der Waals surface area contributed by atoms with Crippen LogP contribution in [-0.2, 0) is 0 Å². The molecule has 0 radical (unpaired) electrons. The summed E-state index contributed by atoms with van der Waals surface area (Å²) in [7, 11) is 4.78. The van der Waals surface area contributed by atoms with Gasteiger partial charge in [0.25, 0.3) is 0 Å². The zero-order valence-electron chi connectivity index (χ0n) is 24.8. The SMILES string of the molecule is CCCCCCCCCCCCCCC(C)(CCCCCCCCCCCCCC)[NH+](C)C.[Br-]. The van der Waals surface area contributed by atoms with E-state index in [2.05, 4.69) is 34.9 Å². The molecule has 0 aromatic heterocycles. The van der Waals surface area contributed by atoms with Crippen molar-refractivity contribution in [3.05, 3.63) is 0 Å². The van der Waals surface area contributed by atoms with Gasteiger partial charge in [-0.3, -0.25) is 0 Å². The summed E-state index contributed by atoms with van der Waals surface area (Å²) in [6.45, 7) is 7.17. The smallest absolute Gasteiger partial charge is 0.0944 e. The van der Waals surface area contributed by atoms with Gasteiger partial charge < -0.3 is 21.9 Å². The van der Waals surface area contributed by atoms with Crippen molar-refractivity contribution in [3.8, 4) is 0 Å². The van der Waals surface area contributed by atoms with Crippen molar-refractivity contribution in [2.24, 2.45) is 0 Å². The van der Waals surface area contributed by atoms with E-state index in [0.29, 0.717) is 5.54 Å². The van der Waals surface area contributed by atoms with Gasteiger partial charge in [0.1, 0.15) is 0 Å². The summed E-state index contributed by atoms with van der Waals surface area (Å²) in [6, 6.07) is 0. The van der Waals surface area contributed by atoms with Crippen molar-refractivity contribution in [1.82, 2.24) is 0 Å². The second-order valence-corrected chi connectivity index (χ2v) is 11.8. The Balaban J connectivity index is 0. The standard InChI is InChI=1S/C32H67N.BrH/c1-6-8-10-12-14-16-18-20-22-24-26-28-30-32(3,33(4)5)31-29-27-25-23-21-19-17-15-13-11-9-7-2;/h6-31H2,1-5H3;1H. The number of hydrogen-bond acceptors (Lipinski definition) is 0. The molecule has 1 nitrogen and oxygen atoms in total. The van der Waals surface area contributed by atoms with Gasteiger partial charge in [-0.05, 0) is 19.8 Å². The molecule has 0 atom stereocenters. The van der Waals surface area contributed by atoms with Gasteiger partial charge in [0, 0.05) is 12.8 Å². The Labute approximate surface area is 228 Å². The second-order valence-electron chi connectivity index (χ2n) is 11.8. The highest BCUT2D eigenvalue weighted by atomic mass is 79.9. The molecule has 0 spiro atoms. The van der Waals surface area contributed by atoms with E-state index in [1.54, 1.807) is 4.90 Å². The zero-order chi connectivity index (χ0) is 24.5. The van der Waals surface area contributed by atoms with E-state index < -0.39 is 0 Å². The zero-order valence-corrected chi connectivity index (χ0v) is 26.3. The molecule has 0 aromatic rings. The van der Waals surface area contributed by atoms with E-state index in [-0.39, 0.29) is 17.0 Å². The Morgan fingerprint density at radius 1 is 0.382 bits per heavy atom. The van der Waals surface area contributed by atoms with Crippen LogP contribution in [0.1, 0.15) is 188 Å². The summed E-state index contributed by atoms with van der Waals surface area (Å²) in [4.78, 5) is 1.67. The topological polar surface area (TPSA) is 4.44 Å². The molecule has 0 unspecified atom stereocenters. The molecule has 0 fully saturated rings. The molecule has 0 heterocycles. The van der Waals surface area contributed by atoms with Crippen LogP contribution in [0.2, 0.25) is 0 Å². The van der Waals surface area contributed by atoms with E-state index >= 15 is 0 Å². The first-order chi connectivity index (χ1) is 16.1. The predicted octanol–water partition coefficient (Wildman–Crippen LogP) is 7.08. The Morgan fingerprint density at radius 3 is 0.794 bits per heavy atom. The number of hydrogen-bond donors (Lipinski definition) is 1. The van der Waals surface area contributed by atoms with E-state index in [0.717, 1.165) is 0 Å². The van der Waals surface area contributed by atoms with Gasteiger partial charge in [0.2, 0.25) is 0 Å². The maximum atomic E-state index is 2.55. The van der Waals surface area contributed by atoms with Crippen molar-refractivity contribution in [2.45, 2.75) is 193 Å². The van der Waals surface area contributed by atoms with Gasteiger partial charge in [-0.1, -0.05) is 155 Å². The lowest BCUT2D eigenvalue weighted by molar-refractivity contribution is -0.914. The third-order valence-electron chi connectivity index (χ3n) is 8.37. The predicted molar refractivity (Wildman–Crippen MR) is 153 cm³/mol. The molecule has 0 rings (SSSR count). The lowest BCUT2D eigenvalue weighted by Crippen LogP contribution is -3.14. The highest BCUT2D eigenvalue weighted by Gasteiger charge is 2.29. The third kappa shape index (κ3) is 24.1. The normalized spacial score (nSPS) is 11.8. The average Bonchev–Trinajstić information content (AvgIpc) is 2.80. The van der Waals surface area contributed by atoms with Gasteiger partial charge in [0.15, 0.2) is 0 Å². The second kappa shape index (κ2) is 28.0. The number of rotatable bonds is 27. The van der Waals surface area contributed by atoms with Gasteiger partial charge in [-0.2, -0.15) is 0 Å². The van der Waals surface area contributed by atoms with Gasteiger partial charge in [-0.15, -0.1) is 0 Å². The minimum Gasteiger partial charge on any atom is -1.00 e. The van der Waals surface area contributed by atoms with Crippen LogP contribution < -0.4 is 21.9 Å². The number of halogens is 1. The number of nitrogens with one attached hydrogen (secondary N) is 1. The first-order valence-corrected chi connectivity index (χ1v) is 15.9. The molecule has 0 saturated heterocycles. The van der Waals surface area contributed by atoms with Gasteiger partial charge in [0.05, 0.1) is 19.6 Å².